The summed E-state index contributed by atoms with van der Waals surface area (Å²) in [6.45, 7) is 6.99. The van der Waals surface area contributed by atoms with Crippen molar-refractivity contribution >= 4 is 0 Å². The summed E-state index contributed by atoms with van der Waals surface area (Å²) in [7, 11) is 3.26. The van der Waals surface area contributed by atoms with Gasteiger partial charge in [-0.3, -0.25) is 0 Å². The van der Waals surface area contributed by atoms with Gasteiger partial charge in [-0.05, 0) is 299 Å². The fourth-order valence-corrected chi connectivity index (χ4v) is 24.5. The number of halogens is 1. The van der Waals surface area contributed by atoms with Crippen molar-refractivity contribution in [3.63, 3.8) is 0 Å². The highest BCUT2D eigenvalue weighted by molar-refractivity contribution is 5.64. The van der Waals surface area contributed by atoms with Crippen LogP contribution in [-0.4, -0.2) is 67.0 Å². The maximum absolute atomic E-state index is 13.6. The van der Waals surface area contributed by atoms with E-state index < -0.39 is 0 Å². The highest BCUT2D eigenvalue weighted by Gasteiger charge is 2.54. The van der Waals surface area contributed by atoms with Gasteiger partial charge in [0.1, 0.15) is 23.1 Å². The Balaban J connectivity index is 0.0000000991. The maximum Gasteiger partial charge on any atom is 0.261 e. The predicted molar refractivity (Wildman–Crippen MR) is 377 cm³/mol. The number of hydrogen-bond acceptors (Lipinski definition) is 16. The van der Waals surface area contributed by atoms with E-state index in [2.05, 4.69) is 70.9 Å². The van der Waals surface area contributed by atoms with E-state index in [9.17, 15) is 4.39 Å². The number of aromatic nitrogens is 6. The van der Waals surface area contributed by atoms with E-state index >= 15 is 0 Å². The van der Waals surface area contributed by atoms with Gasteiger partial charge in [0.15, 0.2) is 17.4 Å². The molecule has 17 heteroatoms. The molecule has 99 heavy (non-hydrogen) atoms. The molecule has 0 amide bonds. The number of hydrogen-bond donors (Lipinski definition) is 4. The molecule has 4 aromatic heterocycles. The third-order valence-electron chi connectivity index (χ3n) is 27.1. The normalized spacial score (nSPS) is 34.4. The van der Waals surface area contributed by atoms with Crippen molar-refractivity contribution in [2.24, 2.45) is 71.0 Å². The van der Waals surface area contributed by atoms with Crippen LogP contribution < -0.4 is 30.7 Å². The Hall–Kier alpha value is -6.27. The Morgan fingerprint density at radius 1 is 0.434 bits per heavy atom. The first-order valence-corrected chi connectivity index (χ1v) is 38.8. The first-order chi connectivity index (χ1) is 48.2. The smallest absolute Gasteiger partial charge is 0.261 e. The Labute approximate surface area is 584 Å². The van der Waals surface area contributed by atoms with Crippen LogP contribution in [-0.2, 0) is 26.2 Å². The van der Waals surface area contributed by atoms with Crippen LogP contribution >= 0.6 is 0 Å². The third kappa shape index (κ3) is 14.5. The number of methoxy groups -OCH3 is 2. The quantitative estimate of drug-likeness (QED) is 0.0633. The monoisotopic (exact) mass is 1350 g/mol. The predicted octanol–water partition coefficient (Wildman–Crippen LogP) is 17.5. The minimum atomic E-state index is -0.236. The molecule has 17 aliphatic carbocycles. The van der Waals surface area contributed by atoms with Crippen LogP contribution in [0.5, 0.6) is 11.5 Å². The van der Waals surface area contributed by atoms with Gasteiger partial charge in [0.2, 0.25) is 0 Å². The van der Waals surface area contributed by atoms with E-state index in [1.165, 1.54) is 204 Å². The molecule has 528 valence electrons. The molecule has 16 bridgehead atoms. The molecule has 17 aliphatic rings. The number of nitrogens with zero attached hydrogens (tertiary/aromatic N) is 6. The van der Waals surface area contributed by atoms with Crippen LogP contribution in [0.1, 0.15) is 232 Å². The summed E-state index contributed by atoms with van der Waals surface area (Å²) in [6, 6.07) is 22.9. The number of nitrogens with one attached hydrogen (secondary N) is 4. The average molecular weight is 1350 g/mol. The zero-order valence-corrected chi connectivity index (χ0v) is 59.3. The summed E-state index contributed by atoms with van der Waals surface area (Å²) >= 11 is 0. The lowest BCUT2D eigenvalue weighted by molar-refractivity contribution is -0.0211. The molecule has 4 N–H and O–H groups in total. The Bertz CT molecular complexity index is 3770. The van der Waals surface area contributed by atoms with Crippen LogP contribution in [0.3, 0.4) is 0 Å². The van der Waals surface area contributed by atoms with Crippen LogP contribution in [0, 0.1) is 90.7 Å². The van der Waals surface area contributed by atoms with E-state index in [1.54, 1.807) is 14.2 Å². The molecule has 7 aromatic rings. The minimum Gasteiger partial charge on any atom is -0.497 e. The fraction of sp³-hybridized carbons (Fsp3) is 0.659. The summed E-state index contributed by atoms with van der Waals surface area (Å²) in [5.41, 5.74) is 8.06. The van der Waals surface area contributed by atoms with Crippen LogP contribution in [0.25, 0.3) is 34.2 Å². The largest absolute Gasteiger partial charge is 0.497 e. The SMILES string of the molecule is COc1ccc(-c2nc(CNC34CC5CC(CC(C5)C3)C4)no2)c(OC)c1.Cc1cc(F)cc(-c2cc(CNC34CC5CC(CC(C5)C3)C4)no2)c1.Cc1ccccc1-c1nc(CNC23CC4CC(CC(C4)C2)C3)no1.c1c(CNC23CC4CC(CC(C4)C2)C3)noc1C1CCCCC1. The van der Waals surface area contributed by atoms with Gasteiger partial charge in [0.25, 0.3) is 11.8 Å². The van der Waals surface area contributed by atoms with Crippen molar-refractivity contribution in [3.05, 3.63) is 119 Å². The second-order valence-electron chi connectivity index (χ2n) is 34.9. The third-order valence-corrected chi connectivity index (χ3v) is 27.1. The molecule has 0 radical (unpaired) electrons. The lowest BCUT2D eigenvalue weighted by Crippen LogP contribution is -2.58. The lowest BCUT2D eigenvalue weighted by Gasteiger charge is -2.57. The van der Waals surface area contributed by atoms with E-state index in [0.717, 1.165) is 142 Å². The van der Waals surface area contributed by atoms with E-state index in [4.69, 9.17) is 27.6 Å². The molecule has 3 aromatic carbocycles. The zero-order valence-electron chi connectivity index (χ0n) is 59.3. The Morgan fingerprint density at radius 3 is 1.31 bits per heavy atom. The number of rotatable bonds is 18. The second-order valence-corrected chi connectivity index (χ2v) is 34.9. The summed E-state index contributed by atoms with van der Waals surface area (Å²) in [5.74, 6) is 17.6. The summed E-state index contributed by atoms with van der Waals surface area (Å²) in [5, 5.41) is 32.4. The molecule has 17 saturated carbocycles. The lowest BCUT2D eigenvalue weighted by atomic mass is 9.53. The number of aryl methyl sites for hydroxylation is 2. The van der Waals surface area contributed by atoms with Gasteiger partial charge in [0.05, 0.1) is 44.3 Å². The first-order valence-electron chi connectivity index (χ1n) is 38.8. The van der Waals surface area contributed by atoms with Gasteiger partial charge in [-0.2, -0.15) is 9.97 Å². The van der Waals surface area contributed by atoms with Gasteiger partial charge in [-0.1, -0.05) is 58.1 Å². The highest BCUT2D eigenvalue weighted by Crippen LogP contribution is 2.59. The van der Waals surface area contributed by atoms with Gasteiger partial charge in [-0.25, -0.2) is 4.39 Å². The zero-order chi connectivity index (χ0) is 66.9. The molecule has 0 aliphatic heterocycles. The van der Waals surface area contributed by atoms with Crippen molar-refractivity contribution < 1.29 is 32.0 Å². The van der Waals surface area contributed by atoms with Crippen molar-refractivity contribution in [3.8, 4) is 45.7 Å². The Morgan fingerprint density at radius 2 is 0.869 bits per heavy atom. The van der Waals surface area contributed by atoms with Crippen LogP contribution in [0.15, 0.2) is 90.9 Å². The standard InChI is InChI=1S/C21H25FN2O.C21H27N3O3.C20H25N3O.C20H30N2O/c1-13-2-17(7-18(22)3-13)20-8-19(24-25-20)12-23-21-9-14-4-15(10-21)6-16(5-14)11-21;1-25-16-3-4-17(18(8-16)26-2)20-23-19(24-27-20)12-22-21-9-13-5-14(10-21)7-15(6-13)11-21;1-13-4-2-3-5-17(13)19-22-18(23-24-19)12-21-20-9-14-6-15(10-20)8-16(7-14)11-20;1-2-4-17(5-3-1)19-9-18(22-23-19)13-21-20-10-14-6-15(11-20)8-16(7-14)12-20/h2-3,7-8,14-16,23H,4-6,9-12H2,1H3;3-4,8,13-15,22H,5-7,9-12H2,1-2H3;2-5,14-16,21H,6-12H2,1H3;9,14-17,21H,1-8,10-13H2. The highest BCUT2D eigenvalue weighted by atomic mass is 19.1. The van der Waals surface area contributed by atoms with Gasteiger partial charge >= 0.3 is 0 Å². The second kappa shape index (κ2) is 27.5. The molecule has 17 fully saturated rings. The molecule has 0 spiro atoms. The van der Waals surface area contributed by atoms with Gasteiger partial charge in [-0.15, -0.1) is 0 Å². The van der Waals surface area contributed by atoms with Crippen molar-refractivity contribution in [1.82, 2.24) is 51.9 Å². The fourth-order valence-electron chi connectivity index (χ4n) is 24.5. The molecule has 4 heterocycles. The van der Waals surface area contributed by atoms with Crippen LogP contribution in [0.2, 0.25) is 0 Å². The van der Waals surface area contributed by atoms with Crippen molar-refractivity contribution in [2.75, 3.05) is 14.2 Å². The summed E-state index contributed by atoms with van der Waals surface area (Å²) < 4.78 is 46.5. The molecule has 0 saturated heterocycles. The van der Waals surface area contributed by atoms with Gasteiger partial charge < -0.3 is 48.8 Å². The molecule has 0 atom stereocenters. The van der Waals surface area contributed by atoms with E-state index in [1.807, 2.05) is 55.5 Å². The molecular weight excluding hydrogens is 1240 g/mol. The molecule has 16 nitrogen and oxygen atoms in total. The minimum absolute atomic E-state index is 0.236. The molecular formula is C82H107FN10O6. The summed E-state index contributed by atoms with van der Waals surface area (Å²) in [4.78, 5) is 9.22. The number of benzene rings is 3. The maximum atomic E-state index is 13.6. The first kappa shape index (κ1) is 66.0. The van der Waals surface area contributed by atoms with Gasteiger partial charge in [0, 0.05) is 70.5 Å². The van der Waals surface area contributed by atoms with Crippen molar-refractivity contribution in [2.45, 2.75) is 254 Å². The molecule has 0 unspecified atom stereocenters. The topological polar surface area (TPSA) is 196 Å². The number of ether oxygens (including phenoxy) is 2. The summed E-state index contributed by atoms with van der Waals surface area (Å²) in [6.07, 6.45) is 40.5. The van der Waals surface area contributed by atoms with E-state index in [0.29, 0.717) is 63.7 Å². The van der Waals surface area contributed by atoms with E-state index in [-0.39, 0.29) is 5.82 Å². The molecule has 24 rings (SSSR count). The Kier molecular flexibility index (Phi) is 18.3. The van der Waals surface area contributed by atoms with Crippen LogP contribution in [0.4, 0.5) is 4.39 Å². The van der Waals surface area contributed by atoms with Crippen molar-refractivity contribution in [1.29, 1.82) is 0 Å². The average Bonchev–Trinajstić information content (AvgIpc) is 1.27.